The van der Waals surface area contributed by atoms with Crippen LogP contribution in [0.15, 0.2) is 24.3 Å². The van der Waals surface area contributed by atoms with Crippen LogP contribution in [0.1, 0.15) is 24.5 Å². The van der Waals surface area contributed by atoms with Crippen LogP contribution >= 0.6 is 11.8 Å². The van der Waals surface area contributed by atoms with E-state index >= 15 is 0 Å². The Morgan fingerprint density at radius 3 is 2.79 bits per heavy atom. The van der Waals surface area contributed by atoms with Crippen LogP contribution in [0.2, 0.25) is 0 Å². The van der Waals surface area contributed by atoms with E-state index in [9.17, 15) is 4.79 Å². The smallest absolute Gasteiger partial charge is 0.323 e. The number of carbonyl (C=O) groups excluding carboxylic acids is 1. The average Bonchev–Trinajstić information content (AvgIpc) is 2.41. The van der Waals surface area contributed by atoms with Gasteiger partial charge in [0, 0.05) is 5.75 Å². The van der Waals surface area contributed by atoms with Crippen molar-refractivity contribution in [2.45, 2.75) is 32.1 Å². The van der Waals surface area contributed by atoms with Gasteiger partial charge in [-0.3, -0.25) is 4.79 Å². The molecule has 19 heavy (non-hydrogen) atoms. The molecule has 0 bridgehead atoms. The molecular formula is C15H23NO2S. The fourth-order valence-electron chi connectivity index (χ4n) is 1.78. The van der Waals surface area contributed by atoms with Crippen molar-refractivity contribution in [3.8, 4) is 0 Å². The third-order valence-electron chi connectivity index (χ3n) is 2.99. The normalized spacial score (nSPS) is 12.2. The summed E-state index contributed by atoms with van der Waals surface area (Å²) in [5, 5.41) is 3.01. The molecule has 1 rings (SSSR count). The molecule has 0 spiro atoms. The maximum Gasteiger partial charge on any atom is 0.323 e. The number of ether oxygens (including phenoxy) is 1. The van der Waals surface area contributed by atoms with Gasteiger partial charge in [0.25, 0.3) is 0 Å². The van der Waals surface area contributed by atoms with E-state index in [1.54, 1.807) is 7.05 Å². The molecule has 0 amide bonds. The molecule has 1 N–H and O–H groups in total. The van der Waals surface area contributed by atoms with Crippen molar-refractivity contribution >= 4 is 17.7 Å². The van der Waals surface area contributed by atoms with Gasteiger partial charge in [0.1, 0.15) is 6.04 Å². The van der Waals surface area contributed by atoms with Gasteiger partial charge in [0.15, 0.2) is 0 Å². The summed E-state index contributed by atoms with van der Waals surface area (Å²) in [5.41, 5.74) is 2.69. The van der Waals surface area contributed by atoms with Gasteiger partial charge in [-0.15, -0.1) is 0 Å². The molecule has 0 aliphatic heterocycles. The van der Waals surface area contributed by atoms with Crippen molar-refractivity contribution in [2.24, 2.45) is 0 Å². The minimum Gasteiger partial charge on any atom is -0.465 e. The van der Waals surface area contributed by atoms with E-state index in [1.807, 2.05) is 18.7 Å². The second kappa shape index (κ2) is 8.99. The lowest BCUT2D eigenvalue weighted by molar-refractivity contribution is -0.145. The molecule has 0 saturated carbocycles. The largest absolute Gasteiger partial charge is 0.465 e. The zero-order valence-electron chi connectivity index (χ0n) is 11.9. The van der Waals surface area contributed by atoms with Gasteiger partial charge in [-0.1, -0.05) is 24.3 Å². The molecule has 1 unspecified atom stereocenters. The second-order valence-electron chi connectivity index (χ2n) is 4.36. The highest BCUT2D eigenvalue weighted by Gasteiger charge is 2.16. The summed E-state index contributed by atoms with van der Waals surface area (Å²) >= 11 is 1.85. The molecule has 1 aromatic rings. The summed E-state index contributed by atoms with van der Waals surface area (Å²) in [7, 11) is 1.80. The maximum absolute atomic E-state index is 11.6. The first-order chi connectivity index (χ1) is 9.19. The number of likely N-dealkylation sites (N-methyl/N-ethyl adjacent to an activating group) is 1. The Balaban J connectivity index is 2.30. The first-order valence-corrected chi connectivity index (χ1v) is 7.80. The quantitative estimate of drug-likeness (QED) is 0.587. The van der Waals surface area contributed by atoms with Gasteiger partial charge in [0.2, 0.25) is 0 Å². The number of hydrogen-bond donors (Lipinski definition) is 1. The number of aryl methyl sites for hydroxylation is 1. The summed E-state index contributed by atoms with van der Waals surface area (Å²) < 4.78 is 5.02. The predicted molar refractivity (Wildman–Crippen MR) is 81.4 cm³/mol. The van der Waals surface area contributed by atoms with Crippen LogP contribution in [0.5, 0.6) is 0 Å². The highest BCUT2D eigenvalue weighted by atomic mass is 32.2. The first kappa shape index (κ1) is 16.1. The number of benzene rings is 1. The van der Waals surface area contributed by atoms with Crippen molar-refractivity contribution in [1.82, 2.24) is 5.32 Å². The van der Waals surface area contributed by atoms with Gasteiger partial charge >= 0.3 is 5.97 Å². The van der Waals surface area contributed by atoms with E-state index in [1.165, 1.54) is 11.1 Å². The third-order valence-corrected chi connectivity index (χ3v) is 4.03. The fraction of sp³-hybridized carbons (Fsp3) is 0.533. The zero-order valence-corrected chi connectivity index (χ0v) is 12.8. The molecule has 0 aromatic heterocycles. The van der Waals surface area contributed by atoms with Gasteiger partial charge in [-0.2, -0.15) is 11.8 Å². The van der Waals surface area contributed by atoms with Gasteiger partial charge in [0.05, 0.1) is 6.61 Å². The number of hydrogen-bond acceptors (Lipinski definition) is 4. The molecule has 0 radical (unpaired) electrons. The van der Waals surface area contributed by atoms with Crippen molar-refractivity contribution in [3.05, 3.63) is 35.4 Å². The Morgan fingerprint density at radius 1 is 1.42 bits per heavy atom. The number of rotatable bonds is 8. The molecule has 1 aromatic carbocycles. The van der Waals surface area contributed by atoms with Crippen molar-refractivity contribution in [3.63, 3.8) is 0 Å². The predicted octanol–water partition coefficient (Wildman–Crippen LogP) is 2.77. The van der Waals surface area contributed by atoms with Crippen LogP contribution < -0.4 is 5.32 Å². The standard InChI is InChI=1S/C15H23NO2S/c1-4-18-15(17)14(16-3)9-10-19-11-13-8-6-5-7-12(13)2/h5-8,14,16H,4,9-11H2,1-3H3. The fourth-order valence-corrected chi connectivity index (χ4v) is 2.87. The van der Waals surface area contributed by atoms with E-state index in [2.05, 4.69) is 36.5 Å². The zero-order chi connectivity index (χ0) is 14.1. The molecule has 0 saturated heterocycles. The molecular weight excluding hydrogens is 258 g/mol. The lowest BCUT2D eigenvalue weighted by atomic mass is 10.1. The summed E-state index contributed by atoms with van der Waals surface area (Å²) in [6, 6.07) is 8.22. The van der Waals surface area contributed by atoms with Crippen molar-refractivity contribution in [1.29, 1.82) is 0 Å². The summed E-state index contributed by atoms with van der Waals surface area (Å²) in [4.78, 5) is 11.6. The van der Waals surface area contributed by atoms with E-state index < -0.39 is 0 Å². The number of carbonyl (C=O) groups is 1. The van der Waals surface area contributed by atoms with Crippen LogP contribution in [0.25, 0.3) is 0 Å². The third kappa shape index (κ3) is 5.66. The van der Waals surface area contributed by atoms with E-state index in [-0.39, 0.29) is 12.0 Å². The lowest BCUT2D eigenvalue weighted by Crippen LogP contribution is -2.36. The van der Waals surface area contributed by atoms with Crippen LogP contribution in [-0.2, 0) is 15.3 Å². The highest BCUT2D eigenvalue weighted by Crippen LogP contribution is 2.17. The van der Waals surface area contributed by atoms with Crippen LogP contribution in [0.3, 0.4) is 0 Å². The second-order valence-corrected chi connectivity index (χ2v) is 5.47. The van der Waals surface area contributed by atoms with E-state index in [0.717, 1.165) is 17.9 Å². The van der Waals surface area contributed by atoms with Crippen molar-refractivity contribution < 1.29 is 9.53 Å². The Labute approximate surface area is 120 Å². The Kier molecular flexibility index (Phi) is 7.60. The molecule has 0 aliphatic carbocycles. The first-order valence-electron chi connectivity index (χ1n) is 6.65. The minimum atomic E-state index is -0.190. The maximum atomic E-state index is 11.6. The Bertz CT molecular complexity index is 395. The number of esters is 1. The molecule has 0 fully saturated rings. The number of nitrogens with one attached hydrogen (secondary N) is 1. The van der Waals surface area contributed by atoms with Crippen LogP contribution in [-0.4, -0.2) is 31.4 Å². The molecule has 4 heteroatoms. The van der Waals surface area contributed by atoms with Crippen LogP contribution in [0, 0.1) is 6.92 Å². The molecule has 1 atom stereocenters. The SMILES string of the molecule is CCOC(=O)C(CCSCc1ccccc1C)NC. The Morgan fingerprint density at radius 2 is 2.16 bits per heavy atom. The summed E-state index contributed by atoms with van der Waals surface area (Å²) in [6.45, 7) is 4.40. The molecule has 106 valence electrons. The summed E-state index contributed by atoms with van der Waals surface area (Å²) in [5.74, 6) is 1.78. The van der Waals surface area contributed by atoms with E-state index in [0.29, 0.717) is 6.61 Å². The monoisotopic (exact) mass is 281 g/mol. The summed E-state index contributed by atoms with van der Waals surface area (Å²) in [6.07, 6.45) is 0.798. The molecule has 3 nitrogen and oxygen atoms in total. The van der Waals surface area contributed by atoms with E-state index in [4.69, 9.17) is 4.74 Å². The highest BCUT2D eigenvalue weighted by molar-refractivity contribution is 7.98. The molecule has 0 aliphatic rings. The lowest BCUT2D eigenvalue weighted by Gasteiger charge is -2.14. The minimum absolute atomic E-state index is 0.151. The van der Waals surface area contributed by atoms with Gasteiger partial charge in [-0.05, 0) is 44.2 Å². The topological polar surface area (TPSA) is 38.3 Å². The van der Waals surface area contributed by atoms with Crippen LogP contribution in [0.4, 0.5) is 0 Å². The Hall–Kier alpha value is -1.00. The number of thioether (sulfide) groups is 1. The van der Waals surface area contributed by atoms with Gasteiger partial charge in [-0.25, -0.2) is 0 Å². The van der Waals surface area contributed by atoms with Crippen molar-refractivity contribution in [2.75, 3.05) is 19.4 Å². The van der Waals surface area contributed by atoms with Gasteiger partial charge < -0.3 is 10.1 Å². The molecule has 0 heterocycles. The average molecular weight is 281 g/mol.